The number of halogens is 1. The molecule has 2 aliphatic heterocycles. The lowest BCUT2D eigenvalue weighted by Crippen LogP contribution is -2.57. The predicted octanol–water partition coefficient (Wildman–Crippen LogP) is 1.57. The molecule has 0 spiro atoms. The summed E-state index contributed by atoms with van der Waals surface area (Å²) in [6.45, 7) is 6.91. The molecule has 0 radical (unpaired) electrons. The fourth-order valence-electron chi connectivity index (χ4n) is 4.81. The van der Waals surface area contributed by atoms with Gasteiger partial charge in [0.05, 0.1) is 5.41 Å². The number of hydrogen-bond donors (Lipinski definition) is 0. The molecule has 8 heteroatoms. The highest BCUT2D eigenvalue weighted by Gasteiger charge is 2.55. The number of likely N-dealkylation sites (tertiary alicyclic amines) is 1. The van der Waals surface area contributed by atoms with Crippen molar-refractivity contribution in [2.75, 3.05) is 53.9 Å². The number of benzene rings is 1. The van der Waals surface area contributed by atoms with Crippen molar-refractivity contribution in [2.24, 2.45) is 5.92 Å². The summed E-state index contributed by atoms with van der Waals surface area (Å²) in [6, 6.07) is 6.03. The molecule has 0 aliphatic carbocycles. The highest BCUT2D eigenvalue weighted by molar-refractivity contribution is 6.10. The largest absolute Gasteiger partial charge is 0.337 e. The predicted molar refractivity (Wildman–Crippen MR) is 120 cm³/mol. The average molecular weight is 447 g/mol. The second-order valence-electron chi connectivity index (χ2n) is 9.73. The molecule has 0 N–H and O–H groups in total. The second kappa shape index (κ2) is 9.67. The zero-order valence-electron chi connectivity index (χ0n) is 19.8. The fraction of sp³-hybridized carbons (Fsp3) is 0.625. The molecular formula is C24H35FN4O3. The molecule has 176 valence electrons. The van der Waals surface area contributed by atoms with Gasteiger partial charge in [-0.1, -0.05) is 32.0 Å². The maximum atomic E-state index is 15.0. The molecule has 1 aromatic rings. The SMILES string of the molecule is CC(C)[C@H]1CN(C)CCN1C(=O)C[C@]1(c2ccccc2F)CC(=O)N(CCN(C)C)C1=O. The number of amides is 3. The number of imide groups is 1. The molecule has 0 aromatic heterocycles. The van der Waals surface area contributed by atoms with Gasteiger partial charge in [-0.05, 0) is 33.1 Å². The first-order chi connectivity index (χ1) is 15.1. The highest BCUT2D eigenvalue weighted by Crippen LogP contribution is 2.41. The van der Waals surface area contributed by atoms with Crippen LogP contribution in [0.3, 0.4) is 0 Å². The molecule has 7 nitrogen and oxygen atoms in total. The van der Waals surface area contributed by atoms with E-state index in [0.29, 0.717) is 13.1 Å². The van der Waals surface area contributed by atoms with Crippen LogP contribution in [0.25, 0.3) is 0 Å². The minimum atomic E-state index is -1.50. The van der Waals surface area contributed by atoms with Crippen LogP contribution in [0.1, 0.15) is 32.3 Å². The lowest BCUT2D eigenvalue weighted by molar-refractivity contribution is -0.145. The van der Waals surface area contributed by atoms with E-state index in [1.807, 2.05) is 30.9 Å². The van der Waals surface area contributed by atoms with E-state index in [1.54, 1.807) is 12.1 Å². The van der Waals surface area contributed by atoms with Gasteiger partial charge in [-0.2, -0.15) is 0 Å². The van der Waals surface area contributed by atoms with Gasteiger partial charge >= 0.3 is 0 Å². The fourth-order valence-corrected chi connectivity index (χ4v) is 4.81. The Bertz CT molecular complexity index is 875. The van der Waals surface area contributed by atoms with Gasteiger partial charge in [0, 0.05) is 57.2 Å². The van der Waals surface area contributed by atoms with Gasteiger partial charge in [-0.3, -0.25) is 19.3 Å². The first kappa shape index (κ1) is 24.3. The van der Waals surface area contributed by atoms with E-state index in [4.69, 9.17) is 0 Å². The molecule has 2 atom stereocenters. The molecular weight excluding hydrogens is 411 g/mol. The third-order valence-corrected chi connectivity index (χ3v) is 6.73. The Balaban J connectivity index is 1.96. The number of nitrogens with zero attached hydrogens (tertiary/aromatic N) is 4. The molecule has 32 heavy (non-hydrogen) atoms. The van der Waals surface area contributed by atoms with Crippen LogP contribution in [0.5, 0.6) is 0 Å². The van der Waals surface area contributed by atoms with Crippen molar-refractivity contribution < 1.29 is 18.8 Å². The maximum Gasteiger partial charge on any atom is 0.241 e. The van der Waals surface area contributed by atoms with Crippen LogP contribution < -0.4 is 0 Å². The Hall–Kier alpha value is -2.32. The summed E-state index contributed by atoms with van der Waals surface area (Å²) in [7, 11) is 5.75. The zero-order valence-corrected chi connectivity index (χ0v) is 19.8. The minimum absolute atomic E-state index is 0.0102. The molecule has 0 bridgehead atoms. The number of carbonyl (C=O) groups is 3. The van der Waals surface area contributed by atoms with Crippen molar-refractivity contribution in [1.82, 2.24) is 19.6 Å². The van der Waals surface area contributed by atoms with Crippen LogP contribution in [0.4, 0.5) is 4.39 Å². The first-order valence-corrected chi connectivity index (χ1v) is 11.3. The molecule has 2 saturated heterocycles. The third-order valence-electron chi connectivity index (χ3n) is 6.73. The van der Waals surface area contributed by atoms with Crippen molar-refractivity contribution in [3.05, 3.63) is 35.6 Å². The van der Waals surface area contributed by atoms with E-state index in [-0.39, 0.29) is 48.7 Å². The van der Waals surface area contributed by atoms with Crippen molar-refractivity contribution in [2.45, 2.75) is 38.1 Å². The van der Waals surface area contributed by atoms with Crippen LogP contribution in [-0.2, 0) is 19.8 Å². The molecule has 3 amide bonds. The minimum Gasteiger partial charge on any atom is -0.337 e. The van der Waals surface area contributed by atoms with Gasteiger partial charge in [0.2, 0.25) is 17.7 Å². The summed E-state index contributed by atoms with van der Waals surface area (Å²) in [5.41, 5.74) is -1.37. The third kappa shape index (κ3) is 4.71. The second-order valence-corrected chi connectivity index (χ2v) is 9.73. The van der Waals surface area contributed by atoms with Gasteiger partial charge in [0.25, 0.3) is 0 Å². The van der Waals surface area contributed by atoms with Gasteiger partial charge in [-0.25, -0.2) is 4.39 Å². The van der Waals surface area contributed by atoms with E-state index in [2.05, 4.69) is 18.7 Å². The van der Waals surface area contributed by atoms with Crippen LogP contribution in [0, 0.1) is 11.7 Å². The van der Waals surface area contributed by atoms with E-state index in [9.17, 15) is 18.8 Å². The Labute approximate surface area is 190 Å². The van der Waals surface area contributed by atoms with Crippen molar-refractivity contribution >= 4 is 17.7 Å². The molecule has 0 saturated carbocycles. The van der Waals surface area contributed by atoms with Crippen LogP contribution in [-0.4, -0.2) is 97.2 Å². The summed E-state index contributed by atoms with van der Waals surface area (Å²) < 4.78 is 15.0. The lowest BCUT2D eigenvalue weighted by Gasteiger charge is -2.43. The number of hydrogen-bond acceptors (Lipinski definition) is 5. The van der Waals surface area contributed by atoms with Crippen molar-refractivity contribution in [3.8, 4) is 0 Å². The van der Waals surface area contributed by atoms with E-state index < -0.39 is 17.1 Å². The van der Waals surface area contributed by atoms with E-state index >= 15 is 0 Å². The van der Waals surface area contributed by atoms with Gasteiger partial charge < -0.3 is 14.7 Å². The van der Waals surface area contributed by atoms with Crippen LogP contribution in [0.15, 0.2) is 24.3 Å². The molecule has 2 heterocycles. The van der Waals surface area contributed by atoms with Crippen LogP contribution in [0.2, 0.25) is 0 Å². The summed E-state index contributed by atoms with van der Waals surface area (Å²) in [6.07, 6.45) is -0.393. The lowest BCUT2D eigenvalue weighted by atomic mass is 9.75. The molecule has 0 unspecified atom stereocenters. The maximum absolute atomic E-state index is 15.0. The Morgan fingerprint density at radius 3 is 2.53 bits per heavy atom. The van der Waals surface area contributed by atoms with Gasteiger partial charge in [0.1, 0.15) is 5.82 Å². The normalized spacial score (nSPS) is 24.8. The van der Waals surface area contributed by atoms with Crippen molar-refractivity contribution in [3.63, 3.8) is 0 Å². The Kier molecular flexibility index (Phi) is 7.35. The first-order valence-electron chi connectivity index (χ1n) is 11.3. The highest BCUT2D eigenvalue weighted by atomic mass is 19.1. The smallest absolute Gasteiger partial charge is 0.241 e. The van der Waals surface area contributed by atoms with E-state index in [1.165, 1.54) is 17.0 Å². The topological polar surface area (TPSA) is 64.2 Å². The monoisotopic (exact) mass is 446 g/mol. The number of rotatable bonds is 7. The summed E-state index contributed by atoms with van der Waals surface area (Å²) in [5, 5.41) is 0. The van der Waals surface area contributed by atoms with Gasteiger partial charge in [-0.15, -0.1) is 0 Å². The number of piperazine rings is 1. The summed E-state index contributed by atoms with van der Waals surface area (Å²) in [4.78, 5) is 47.2. The Morgan fingerprint density at radius 1 is 1.22 bits per heavy atom. The molecule has 1 aromatic carbocycles. The molecule has 3 rings (SSSR count). The summed E-state index contributed by atoms with van der Waals surface area (Å²) in [5.74, 6) is -1.35. The van der Waals surface area contributed by atoms with Gasteiger partial charge in [0.15, 0.2) is 0 Å². The molecule has 2 fully saturated rings. The Morgan fingerprint density at radius 2 is 1.91 bits per heavy atom. The average Bonchev–Trinajstić information content (AvgIpc) is 2.96. The summed E-state index contributed by atoms with van der Waals surface area (Å²) >= 11 is 0. The van der Waals surface area contributed by atoms with E-state index in [0.717, 1.165) is 13.1 Å². The quantitative estimate of drug-likeness (QED) is 0.595. The standard InChI is InChI=1S/C24H35FN4O3/c1-17(2)20-16-27(5)11-13-28(20)21(30)14-24(18-8-6-7-9-19(18)25)15-22(31)29(23(24)32)12-10-26(3)4/h6-9,17,20H,10-16H2,1-5H3/t20-,24-/m1/s1. The zero-order chi connectivity index (χ0) is 23.6. The van der Waals surface area contributed by atoms with Crippen LogP contribution >= 0.6 is 0 Å². The number of likely N-dealkylation sites (N-methyl/N-ethyl adjacent to an activating group) is 2. The molecule has 2 aliphatic rings. The number of carbonyl (C=O) groups excluding carboxylic acids is 3. The van der Waals surface area contributed by atoms with Crippen molar-refractivity contribution in [1.29, 1.82) is 0 Å².